The maximum absolute atomic E-state index is 13.0. The standard InChI is InChI=1S/C19H13F3N2O5S2/c20-19(21,22)14-8-12(23-29-14)13-5-6-15(30-13)31(27,28)24-18(17(25)26)11-7-9-3-1-2-4-10(9)16(11)18/h1-6,8,11,16,24H,7H2,(H,25,26)/t11?,16-,18-/m1/s1. The molecule has 0 spiro atoms. The zero-order valence-corrected chi connectivity index (χ0v) is 17.0. The Labute approximate surface area is 177 Å². The minimum atomic E-state index is -4.72. The average molecular weight is 470 g/mol. The number of thiophene rings is 1. The van der Waals surface area contributed by atoms with Crippen LogP contribution in [0.5, 0.6) is 0 Å². The number of fused-ring (bicyclic) bond motifs is 3. The van der Waals surface area contributed by atoms with Crippen molar-refractivity contribution in [1.82, 2.24) is 9.88 Å². The lowest BCUT2D eigenvalue weighted by atomic mass is 9.99. The number of sulfonamides is 1. The van der Waals surface area contributed by atoms with Gasteiger partial charge in [0.15, 0.2) is 0 Å². The third kappa shape index (κ3) is 3.00. The number of nitrogens with zero attached hydrogens (tertiary/aromatic N) is 1. The van der Waals surface area contributed by atoms with Crippen LogP contribution in [0.25, 0.3) is 10.6 Å². The van der Waals surface area contributed by atoms with Gasteiger partial charge < -0.3 is 9.63 Å². The van der Waals surface area contributed by atoms with Gasteiger partial charge in [-0.1, -0.05) is 29.4 Å². The van der Waals surface area contributed by atoms with E-state index < -0.39 is 45.3 Å². The van der Waals surface area contributed by atoms with E-state index in [0.717, 1.165) is 11.1 Å². The van der Waals surface area contributed by atoms with Crippen LogP contribution < -0.4 is 4.72 Å². The Bertz CT molecular complexity index is 1310. The summed E-state index contributed by atoms with van der Waals surface area (Å²) in [5, 5.41) is 13.2. The van der Waals surface area contributed by atoms with E-state index in [9.17, 15) is 31.5 Å². The molecule has 2 aliphatic rings. The van der Waals surface area contributed by atoms with Crippen LogP contribution >= 0.6 is 11.3 Å². The summed E-state index contributed by atoms with van der Waals surface area (Å²) >= 11 is 0.678. The molecule has 5 rings (SSSR count). The number of hydrogen-bond acceptors (Lipinski definition) is 6. The fourth-order valence-corrected chi connectivity index (χ4v) is 7.02. The Hall–Kier alpha value is -2.70. The summed E-state index contributed by atoms with van der Waals surface area (Å²) in [6, 6.07) is 10.5. The van der Waals surface area contributed by atoms with Crippen LogP contribution in [0.15, 0.2) is 51.2 Å². The van der Waals surface area contributed by atoms with Crippen molar-refractivity contribution >= 4 is 27.3 Å². The summed E-state index contributed by atoms with van der Waals surface area (Å²) in [5.74, 6) is -3.43. The molecule has 3 atom stereocenters. The van der Waals surface area contributed by atoms with Crippen molar-refractivity contribution in [3.05, 3.63) is 59.4 Å². The van der Waals surface area contributed by atoms with Gasteiger partial charge in [0.25, 0.3) is 10.0 Å². The van der Waals surface area contributed by atoms with Crippen LogP contribution in [0.2, 0.25) is 0 Å². The van der Waals surface area contributed by atoms with E-state index in [4.69, 9.17) is 0 Å². The molecule has 2 heterocycles. The molecular formula is C19H13F3N2O5S2. The molecule has 1 saturated carbocycles. The van der Waals surface area contributed by atoms with Gasteiger partial charge in [-0.25, -0.2) is 8.42 Å². The van der Waals surface area contributed by atoms with Crippen LogP contribution in [0.3, 0.4) is 0 Å². The molecule has 0 bridgehead atoms. The van der Waals surface area contributed by atoms with Gasteiger partial charge in [-0.05, 0) is 29.7 Å². The van der Waals surface area contributed by atoms with E-state index in [1.54, 1.807) is 12.1 Å². The predicted molar refractivity (Wildman–Crippen MR) is 102 cm³/mol. The number of rotatable bonds is 5. The van der Waals surface area contributed by atoms with Crippen LogP contribution in [0.1, 0.15) is 22.8 Å². The van der Waals surface area contributed by atoms with E-state index in [-0.39, 0.29) is 14.8 Å². The van der Waals surface area contributed by atoms with Crippen LogP contribution in [0, 0.1) is 5.92 Å². The lowest BCUT2D eigenvalue weighted by Gasteiger charge is -2.19. The fourth-order valence-electron chi connectivity index (χ4n) is 4.34. The first kappa shape index (κ1) is 20.2. The van der Waals surface area contributed by atoms with E-state index in [2.05, 4.69) is 14.4 Å². The zero-order chi connectivity index (χ0) is 22.2. The highest BCUT2D eigenvalue weighted by molar-refractivity contribution is 7.91. The summed E-state index contributed by atoms with van der Waals surface area (Å²) in [7, 11) is -4.25. The van der Waals surface area contributed by atoms with Gasteiger partial charge >= 0.3 is 12.1 Å². The minimum Gasteiger partial charge on any atom is -0.480 e. The van der Waals surface area contributed by atoms with Crippen molar-refractivity contribution in [3.63, 3.8) is 0 Å². The van der Waals surface area contributed by atoms with Crippen molar-refractivity contribution < 1.29 is 36.0 Å². The number of nitrogens with one attached hydrogen (secondary N) is 1. The molecule has 0 radical (unpaired) electrons. The third-order valence-electron chi connectivity index (χ3n) is 5.74. The molecule has 162 valence electrons. The highest BCUT2D eigenvalue weighted by Gasteiger charge is 2.74. The van der Waals surface area contributed by atoms with Gasteiger partial charge in [0.1, 0.15) is 15.4 Å². The van der Waals surface area contributed by atoms with E-state index in [1.165, 1.54) is 12.1 Å². The molecule has 2 aliphatic carbocycles. The molecule has 31 heavy (non-hydrogen) atoms. The van der Waals surface area contributed by atoms with Crippen molar-refractivity contribution in [2.75, 3.05) is 0 Å². The molecule has 1 aromatic carbocycles. The highest BCUT2D eigenvalue weighted by Crippen LogP contribution is 2.64. The van der Waals surface area contributed by atoms with Crippen LogP contribution in [-0.4, -0.2) is 30.2 Å². The van der Waals surface area contributed by atoms with Gasteiger partial charge in [-0.15, -0.1) is 11.3 Å². The Morgan fingerprint density at radius 1 is 1.26 bits per heavy atom. The first-order valence-corrected chi connectivity index (χ1v) is 11.3. The Morgan fingerprint density at radius 2 is 2.00 bits per heavy atom. The van der Waals surface area contributed by atoms with Gasteiger partial charge in [-0.2, -0.15) is 17.9 Å². The summed E-state index contributed by atoms with van der Waals surface area (Å²) in [5.41, 5.74) is 0.00322. The van der Waals surface area contributed by atoms with Gasteiger partial charge in [-0.3, -0.25) is 4.79 Å². The Balaban J connectivity index is 1.43. The second-order valence-electron chi connectivity index (χ2n) is 7.46. The quantitative estimate of drug-likeness (QED) is 0.591. The second kappa shape index (κ2) is 6.40. The average Bonchev–Trinajstić information content (AvgIpc) is 3.22. The minimum absolute atomic E-state index is 0.144. The van der Waals surface area contributed by atoms with Crippen molar-refractivity contribution in [3.8, 4) is 10.6 Å². The fraction of sp³-hybridized carbons (Fsp3) is 0.263. The predicted octanol–water partition coefficient (Wildman–Crippen LogP) is 3.49. The van der Waals surface area contributed by atoms with Gasteiger partial charge in [0.2, 0.25) is 5.76 Å². The Morgan fingerprint density at radius 3 is 2.68 bits per heavy atom. The van der Waals surface area contributed by atoms with E-state index in [0.29, 0.717) is 23.8 Å². The molecule has 0 aliphatic heterocycles. The molecule has 1 fully saturated rings. The summed E-state index contributed by atoms with van der Waals surface area (Å²) in [4.78, 5) is 12.2. The normalized spacial score (nSPS) is 24.6. The highest BCUT2D eigenvalue weighted by atomic mass is 32.2. The molecule has 1 unspecified atom stereocenters. The number of carboxylic acid groups (broad SMARTS) is 1. The van der Waals surface area contributed by atoms with Crippen molar-refractivity contribution in [2.24, 2.45) is 5.92 Å². The Kier molecular flexibility index (Phi) is 4.18. The molecule has 3 aromatic rings. The largest absolute Gasteiger partial charge is 0.480 e. The first-order chi connectivity index (χ1) is 14.5. The van der Waals surface area contributed by atoms with Crippen LogP contribution in [0.4, 0.5) is 13.2 Å². The zero-order valence-electron chi connectivity index (χ0n) is 15.4. The van der Waals surface area contributed by atoms with E-state index >= 15 is 0 Å². The number of carbonyl (C=O) groups is 1. The topological polar surface area (TPSA) is 110 Å². The van der Waals surface area contributed by atoms with Gasteiger partial charge in [0, 0.05) is 17.9 Å². The lowest BCUT2D eigenvalue weighted by molar-refractivity contribution is -0.155. The maximum atomic E-state index is 13.0. The van der Waals surface area contributed by atoms with Crippen LogP contribution in [-0.2, 0) is 27.4 Å². The number of halogens is 3. The summed E-state index contributed by atoms with van der Waals surface area (Å²) in [6.07, 6.45) is -4.27. The second-order valence-corrected chi connectivity index (χ2v) is 10.5. The summed E-state index contributed by atoms with van der Waals surface area (Å²) in [6.45, 7) is 0. The smallest absolute Gasteiger partial charge is 0.452 e. The molecule has 7 nitrogen and oxygen atoms in total. The number of benzene rings is 1. The molecular weight excluding hydrogens is 457 g/mol. The van der Waals surface area contributed by atoms with Crippen molar-refractivity contribution in [1.29, 1.82) is 0 Å². The number of alkyl halides is 3. The number of aliphatic carboxylic acids is 1. The van der Waals surface area contributed by atoms with Gasteiger partial charge in [0.05, 0.1) is 4.88 Å². The lowest BCUT2D eigenvalue weighted by Crippen LogP contribution is -2.46. The van der Waals surface area contributed by atoms with E-state index in [1.807, 2.05) is 12.1 Å². The molecule has 12 heteroatoms. The number of hydrogen-bond donors (Lipinski definition) is 2. The summed E-state index contributed by atoms with van der Waals surface area (Å²) < 4.78 is 70.4. The molecule has 0 saturated heterocycles. The molecule has 0 amide bonds. The third-order valence-corrected chi connectivity index (χ3v) is 8.83. The SMILES string of the molecule is O=C(O)[C@@]1(NS(=O)(=O)c2ccc(-c3cc(C(F)(F)F)on3)s2)C2Cc3ccccc3[C@H]21. The number of carboxylic acids is 1. The first-order valence-electron chi connectivity index (χ1n) is 9.03. The number of aromatic nitrogens is 1. The monoisotopic (exact) mass is 470 g/mol. The maximum Gasteiger partial charge on any atom is 0.452 e. The van der Waals surface area contributed by atoms with Crippen molar-refractivity contribution in [2.45, 2.75) is 28.3 Å². The molecule has 2 N–H and O–H groups in total. The molecule has 2 aromatic heterocycles.